The topological polar surface area (TPSA) is 45.7 Å². The van der Waals surface area contributed by atoms with Gasteiger partial charge < -0.3 is 15.4 Å². The van der Waals surface area contributed by atoms with Crippen molar-refractivity contribution in [2.45, 2.75) is 33.2 Å². The van der Waals surface area contributed by atoms with E-state index >= 15 is 0 Å². The van der Waals surface area contributed by atoms with Gasteiger partial charge in [0.15, 0.2) is 5.96 Å². The number of rotatable bonds is 7. The predicted molar refractivity (Wildman–Crippen MR) is 96.2 cm³/mol. The standard InChI is InChI=1S/C15H25N3O.HI/c1-4-13(3)18-15(16-5-2)17-11-12-19-14-9-7-6-8-10-14;/h6-10,13H,4-5,11-12H2,1-3H3,(H2,16,17,18);1H. The van der Waals surface area contributed by atoms with Crippen LogP contribution in [0.25, 0.3) is 0 Å². The molecular weight excluding hydrogens is 365 g/mol. The van der Waals surface area contributed by atoms with E-state index in [-0.39, 0.29) is 24.0 Å². The van der Waals surface area contributed by atoms with Gasteiger partial charge in [-0.25, -0.2) is 4.99 Å². The third-order valence-corrected chi connectivity index (χ3v) is 2.71. The van der Waals surface area contributed by atoms with Crippen molar-refractivity contribution >= 4 is 29.9 Å². The van der Waals surface area contributed by atoms with Crippen molar-refractivity contribution in [3.63, 3.8) is 0 Å². The molecular formula is C15H26IN3O. The van der Waals surface area contributed by atoms with Crippen LogP contribution >= 0.6 is 24.0 Å². The lowest BCUT2D eigenvalue weighted by molar-refractivity contribution is 0.328. The maximum Gasteiger partial charge on any atom is 0.191 e. The van der Waals surface area contributed by atoms with Crippen molar-refractivity contribution in [2.75, 3.05) is 19.7 Å². The normalized spacial score (nSPS) is 12.2. The van der Waals surface area contributed by atoms with Crippen molar-refractivity contribution in [2.24, 2.45) is 4.99 Å². The van der Waals surface area contributed by atoms with Crippen molar-refractivity contribution in [1.29, 1.82) is 0 Å². The Labute approximate surface area is 139 Å². The minimum absolute atomic E-state index is 0. The lowest BCUT2D eigenvalue weighted by Crippen LogP contribution is -2.42. The first kappa shape index (κ1) is 19.0. The molecule has 0 aromatic heterocycles. The van der Waals surface area contributed by atoms with Crippen LogP contribution < -0.4 is 15.4 Å². The number of ether oxygens (including phenoxy) is 1. The van der Waals surface area contributed by atoms with E-state index in [1.165, 1.54) is 0 Å². The molecule has 1 rings (SSSR count). The summed E-state index contributed by atoms with van der Waals surface area (Å²) < 4.78 is 5.60. The quantitative estimate of drug-likeness (QED) is 0.325. The molecule has 1 unspecified atom stereocenters. The van der Waals surface area contributed by atoms with Gasteiger partial charge in [0.2, 0.25) is 0 Å². The van der Waals surface area contributed by atoms with Gasteiger partial charge in [-0.05, 0) is 32.4 Å². The van der Waals surface area contributed by atoms with Crippen molar-refractivity contribution in [3.8, 4) is 5.75 Å². The van der Waals surface area contributed by atoms with Gasteiger partial charge in [-0.15, -0.1) is 24.0 Å². The molecule has 0 radical (unpaired) electrons. The molecule has 0 aliphatic carbocycles. The second-order valence-corrected chi connectivity index (χ2v) is 4.38. The van der Waals surface area contributed by atoms with Gasteiger partial charge in [0, 0.05) is 12.6 Å². The summed E-state index contributed by atoms with van der Waals surface area (Å²) >= 11 is 0. The number of aliphatic imine (C=N–C) groups is 1. The summed E-state index contributed by atoms with van der Waals surface area (Å²) in [5.74, 6) is 1.74. The van der Waals surface area contributed by atoms with Crippen LogP contribution in [0.15, 0.2) is 35.3 Å². The molecule has 0 aliphatic heterocycles. The Morgan fingerprint density at radius 1 is 1.25 bits per heavy atom. The molecule has 20 heavy (non-hydrogen) atoms. The lowest BCUT2D eigenvalue weighted by Gasteiger charge is -2.16. The number of nitrogens with one attached hydrogen (secondary N) is 2. The fourth-order valence-corrected chi connectivity index (χ4v) is 1.49. The summed E-state index contributed by atoms with van der Waals surface area (Å²) in [5, 5.41) is 6.58. The summed E-state index contributed by atoms with van der Waals surface area (Å²) in [6, 6.07) is 10.2. The maximum atomic E-state index is 5.60. The van der Waals surface area contributed by atoms with Crippen LogP contribution in [0.1, 0.15) is 27.2 Å². The van der Waals surface area contributed by atoms with Gasteiger partial charge in [-0.2, -0.15) is 0 Å². The number of para-hydroxylation sites is 1. The Balaban J connectivity index is 0.00000361. The third-order valence-electron chi connectivity index (χ3n) is 2.71. The summed E-state index contributed by atoms with van der Waals surface area (Å²) in [5.41, 5.74) is 0. The maximum absolute atomic E-state index is 5.60. The third kappa shape index (κ3) is 8.24. The minimum atomic E-state index is 0. The SMILES string of the molecule is CCNC(=NCCOc1ccccc1)NC(C)CC.I. The van der Waals surface area contributed by atoms with Crippen LogP contribution in [0, 0.1) is 0 Å². The highest BCUT2D eigenvalue weighted by molar-refractivity contribution is 14.0. The molecule has 0 fully saturated rings. The van der Waals surface area contributed by atoms with Crippen LogP contribution in [0.5, 0.6) is 5.75 Å². The monoisotopic (exact) mass is 391 g/mol. The van der Waals surface area contributed by atoms with Crippen molar-refractivity contribution in [3.05, 3.63) is 30.3 Å². The van der Waals surface area contributed by atoms with Crippen LogP contribution in [0.3, 0.4) is 0 Å². The summed E-state index contributed by atoms with van der Waals surface area (Å²) in [6.45, 7) is 8.45. The molecule has 1 aromatic carbocycles. The second-order valence-electron chi connectivity index (χ2n) is 4.38. The van der Waals surface area contributed by atoms with E-state index in [1.807, 2.05) is 30.3 Å². The second kappa shape index (κ2) is 11.8. The van der Waals surface area contributed by atoms with Gasteiger partial charge in [0.05, 0.1) is 6.54 Å². The fraction of sp³-hybridized carbons (Fsp3) is 0.533. The average Bonchev–Trinajstić information content (AvgIpc) is 2.44. The van der Waals surface area contributed by atoms with Crippen molar-refractivity contribution in [1.82, 2.24) is 10.6 Å². The number of hydrogen-bond acceptors (Lipinski definition) is 2. The highest BCUT2D eigenvalue weighted by Crippen LogP contribution is 2.07. The lowest BCUT2D eigenvalue weighted by atomic mass is 10.3. The van der Waals surface area contributed by atoms with E-state index in [0.717, 1.165) is 24.7 Å². The Bertz CT molecular complexity index is 371. The molecule has 4 nitrogen and oxygen atoms in total. The summed E-state index contributed by atoms with van der Waals surface area (Å²) in [6.07, 6.45) is 1.07. The molecule has 1 atom stereocenters. The molecule has 0 amide bonds. The van der Waals surface area contributed by atoms with Gasteiger partial charge in [0.1, 0.15) is 12.4 Å². The van der Waals surface area contributed by atoms with Crippen LogP contribution in [-0.2, 0) is 0 Å². The molecule has 0 saturated heterocycles. The predicted octanol–water partition coefficient (Wildman–Crippen LogP) is 3.04. The Morgan fingerprint density at radius 2 is 1.95 bits per heavy atom. The van der Waals surface area contributed by atoms with Crippen LogP contribution in [-0.4, -0.2) is 31.7 Å². The van der Waals surface area contributed by atoms with E-state index in [2.05, 4.69) is 36.4 Å². The molecule has 1 aromatic rings. The van der Waals surface area contributed by atoms with Crippen molar-refractivity contribution < 1.29 is 4.74 Å². The van der Waals surface area contributed by atoms with E-state index in [1.54, 1.807) is 0 Å². The zero-order valence-electron chi connectivity index (χ0n) is 12.6. The Morgan fingerprint density at radius 3 is 2.55 bits per heavy atom. The van der Waals surface area contributed by atoms with Gasteiger partial charge in [-0.1, -0.05) is 25.1 Å². The molecule has 2 N–H and O–H groups in total. The van der Waals surface area contributed by atoms with Crippen LogP contribution in [0.4, 0.5) is 0 Å². The summed E-state index contributed by atoms with van der Waals surface area (Å²) in [7, 11) is 0. The highest BCUT2D eigenvalue weighted by atomic mass is 127. The first-order valence-electron chi connectivity index (χ1n) is 6.99. The molecule has 0 aliphatic rings. The van der Waals surface area contributed by atoms with E-state index < -0.39 is 0 Å². The minimum Gasteiger partial charge on any atom is -0.492 e. The van der Waals surface area contributed by atoms with Gasteiger partial charge in [-0.3, -0.25) is 0 Å². The average molecular weight is 391 g/mol. The number of halogens is 1. The Hall–Kier alpha value is -0.980. The Kier molecular flexibility index (Phi) is 11.2. The van der Waals surface area contributed by atoms with Gasteiger partial charge in [0.25, 0.3) is 0 Å². The van der Waals surface area contributed by atoms with Gasteiger partial charge >= 0.3 is 0 Å². The molecule has 0 saturated carbocycles. The van der Waals surface area contributed by atoms with Crippen LogP contribution in [0.2, 0.25) is 0 Å². The smallest absolute Gasteiger partial charge is 0.191 e. The molecule has 0 bridgehead atoms. The molecule has 5 heteroatoms. The number of guanidine groups is 1. The first-order chi connectivity index (χ1) is 9.26. The zero-order valence-corrected chi connectivity index (χ0v) is 14.9. The van der Waals surface area contributed by atoms with E-state index in [4.69, 9.17) is 4.74 Å². The van der Waals surface area contributed by atoms with E-state index in [9.17, 15) is 0 Å². The molecule has 0 heterocycles. The molecule has 0 spiro atoms. The largest absolute Gasteiger partial charge is 0.492 e. The van der Waals surface area contributed by atoms with E-state index in [0.29, 0.717) is 19.2 Å². The number of nitrogens with zero attached hydrogens (tertiary/aromatic N) is 1. The first-order valence-corrected chi connectivity index (χ1v) is 6.99. The number of hydrogen-bond donors (Lipinski definition) is 2. The highest BCUT2D eigenvalue weighted by Gasteiger charge is 2.01. The fourth-order valence-electron chi connectivity index (χ4n) is 1.49. The zero-order chi connectivity index (χ0) is 13.9. The number of benzene rings is 1. The molecule has 114 valence electrons. The summed E-state index contributed by atoms with van der Waals surface area (Å²) in [4.78, 5) is 4.49.